The number of likely N-dealkylation sites (tertiary alicyclic amines) is 1. The van der Waals surface area contributed by atoms with Gasteiger partial charge in [0, 0.05) is 13.1 Å². The number of hydrogen-bond donors (Lipinski definition) is 0. The minimum Gasteiger partial charge on any atom is -0.341 e. The van der Waals surface area contributed by atoms with Crippen molar-refractivity contribution >= 4 is 21.6 Å². The second kappa shape index (κ2) is 7.86. The minimum atomic E-state index is -3.94. The summed E-state index contributed by atoms with van der Waals surface area (Å²) in [4.78, 5) is 14.5. The van der Waals surface area contributed by atoms with Gasteiger partial charge in [0.25, 0.3) is 10.0 Å². The lowest BCUT2D eigenvalue weighted by atomic mass is 10.1. The van der Waals surface area contributed by atoms with Crippen LogP contribution in [0, 0.1) is 5.82 Å². The summed E-state index contributed by atoms with van der Waals surface area (Å²) >= 11 is 0. The van der Waals surface area contributed by atoms with Crippen molar-refractivity contribution in [1.29, 1.82) is 0 Å². The van der Waals surface area contributed by atoms with Gasteiger partial charge in [-0.25, -0.2) is 12.8 Å². The molecule has 1 aliphatic rings. The van der Waals surface area contributed by atoms with Crippen LogP contribution in [0.5, 0.6) is 0 Å². The van der Waals surface area contributed by atoms with Crippen LogP contribution in [0.4, 0.5) is 10.1 Å². The monoisotopic (exact) mass is 376 g/mol. The standard InChI is InChI=1S/C19H21FN2O3S/c20-16-9-11-17(12-10-16)22(15-19(23)21-13-5-2-6-14-21)26(24,25)18-7-3-1-4-8-18/h1,3-4,7-12H,2,5-6,13-15H2. The van der Waals surface area contributed by atoms with Gasteiger partial charge in [-0.3, -0.25) is 9.10 Å². The molecule has 0 bridgehead atoms. The smallest absolute Gasteiger partial charge is 0.264 e. The first-order valence-electron chi connectivity index (χ1n) is 8.59. The van der Waals surface area contributed by atoms with Crippen molar-refractivity contribution in [2.45, 2.75) is 24.2 Å². The molecule has 1 amide bonds. The van der Waals surface area contributed by atoms with Crippen LogP contribution in [0.3, 0.4) is 0 Å². The highest BCUT2D eigenvalue weighted by Crippen LogP contribution is 2.24. The Kier molecular flexibility index (Phi) is 5.56. The maximum absolute atomic E-state index is 13.3. The summed E-state index contributed by atoms with van der Waals surface area (Å²) in [5.41, 5.74) is 0.264. The first-order chi connectivity index (χ1) is 12.5. The Labute approximate surface area is 153 Å². The Hall–Kier alpha value is -2.41. The molecule has 0 N–H and O–H groups in total. The first kappa shape index (κ1) is 18.4. The summed E-state index contributed by atoms with van der Waals surface area (Å²) < 4.78 is 40.5. The van der Waals surface area contributed by atoms with Crippen LogP contribution in [-0.2, 0) is 14.8 Å². The highest BCUT2D eigenvalue weighted by Gasteiger charge is 2.29. The summed E-state index contributed by atoms with van der Waals surface area (Å²) in [7, 11) is -3.94. The lowest BCUT2D eigenvalue weighted by Crippen LogP contribution is -2.44. The lowest BCUT2D eigenvalue weighted by Gasteiger charge is -2.30. The van der Waals surface area contributed by atoms with E-state index in [9.17, 15) is 17.6 Å². The van der Waals surface area contributed by atoms with Gasteiger partial charge in [-0.05, 0) is 55.7 Å². The van der Waals surface area contributed by atoms with E-state index in [0.29, 0.717) is 13.1 Å². The van der Waals surface area contributed by atoms with Gasteiger partial charge in [-0.2, -0.15) is 0 Å². The maximum atomic E-state index is 13.3. The second-order valence-corrected chi connectivity index (χ2v) is 8.10. The van der Waals surface area contributed by atoms with E-state index in [1.807, 2.05) is 0 Å². The van der Waals surface area contributed by atoms with Crippen LogP contribution in [0.2, 0.25) is 0 Å². The highest BCUT2D eigenvalue weighted by molar-refractivity contribution is 7.92. The van der Waals surface area contributed by atoms with Crippen molar-refractivity contribution in [2.75, 3.05) is 23.9 Å². The third-order valence-corrected chi connectivity index (χ3v) is 6.22. The largest absolute Gasteiger partial charge is 0.341 e. The summed E-state index contributed by atoms with van der Waals surface area (Å²) in [6, 6.07) is 13.1. The molecule has 5 nitrogen and oxygen atoms in total. The van der Waals surface area contributed by atoms with E-state index in [-0.39, 0.29) is 23.0 Å². The van der Waals surface area contributed by atoms with E-state index >= 15 is 0 Å². The fourth-order valence-corrected chi connectivity index (χ4v) is 4.44. The van der Waals surface area contributed by atoms with Crippen molar-refractivity contribution in [2.24, 2.45) is 0 Å². The number of hydrogen-bond acceptors (Lipinski definition) is 3. The molecule has 1 saturated heterocycles. The van der Waals surface area contributed by atoms with Crippen molar-refractivity contribution < 1.29 is 17.6 Å². The number of halogens is 1. The molecular weight excluding hydrogens is 355 g/mol. The number of piperidine rings is 1. The molecule has 0 saturated carbocycles. The molecule has 0 aromatic heterocycles. The van der Waals surface area contributed by atoms with Crippen molar-refractivity contribution in [3.05, 3.63) is 60.4 Å². The van der Waals surface area contributed by atoms with Crippen LogP contribution in [0.1, 0.15) is 19.3 Å². The van der Waals surface area contributed by atoms with Gasteiger partial charge in [-0.15, -0.1) is 0 Å². The van der Waals surface area contributed by atoms with Gasteiger partial charge >= 0.3 is 0 Å². The van der Waals surface area contributed by atoms with Crippen molar-refractivity contribution in [3.63, 3.8) is 0 Å². The predicted molar refractivity (Wildman–Crippen MR) is 97.8 cm³/mol. The van der Waals surface area contributed by atoms with Crippen molar-refractivity contribution in [1.82, 2.24) is 4.90 Å². The van der Waals surface area contributed by atoms with Gasteiger partial charge in [0.2, 0.25) is 5.91 Å². The number of amides is 1. The highest BCUT2D eigenvalue weighted by atomic mass is 32.2. The van der Waals surface area contributed by atoms with Crippen LogP contribution in [0.15, 0.2) is 59.5 Å². The molecule has 0 spiro atoms. The predicted octanol–water partition coefficient (Wildman–Crippen LogP) is 3.03. The molecule has 2 aromatic carbocycles. The molecule has 1 aliphatic heterocycles. The normalized spacial score (nSPS) is 14.9. The van der Waals surface area contributed by atoms with Crippen LogP contribution < -0.4 is 4.31 Å². The number of carbonyl (C=O) groups is 1. The molecule has 0 radical (unpaired) electrons. The molecule has 0 atom stereocenters. The van der Waals surface area contributed by atoms with E-state index in [0.717, 1.165) is 23.6 Å². The molecule has 1 fully saturated rings. The van der Waals surface area contributed by atoms with E-state index in [2.05, 4.69) is 0 Å². The topological polar surface area (TPSA) is 57.7 Å². The number of sulfonamides is 1. The maximum Gasteiger partial charge on any atom is 0.264 e. The molecule has 2 aromatic rings. The Morgan fingerprint density at radius 3 is 2.19 bits per heavy atom. The lowest BCUT2D eigenvalue weighted by molar-refractivity contribution is -0.130. The van der Waals surface area contributed by atoms with E-state index in [4.69, 9.17) is 0 Å². The van der Waals surface area contributed by atoms with Crippen LogP contribution in [0.25, 0.3) is 0 Å². The van der Waals surface area contributed by atoms with E-state index < -0.39 is 15.8 Å². The van der Waals surface area contributed by atoms with Crippen LogP contribution in [-0.4, -0.2) is 38.9 Å². The van der Waals surface area contributed by atoms with Gasteiger partial charge < -0.3 is 4.90 Å². The second-order valence-electron chi connectivity index (χ2n) is 6.24. The summed E-state index contributed by atoms with van der Waals surface area (Å²) in [5, 5.41) is 0. The first-order valence-corrected chi connectivity index (χ1v) is 10.0. The average molecular weight is 376 g/mol. The molecule has 0 aliphatic carbocycles. The molecule has 7 heteroatoms. The third kappa shape index (κ3) is 4.04. The molecule has 1 heterocycles. The SMILES string of the molecule is O=C(CN(c1ccc(F)cc1)S(=O)(=O)c1ccccc1)N1CCCCC1. The number of benzene rings is 2. The van der Waals surface area contributed by atoms with E-state index in [1.165, 1.54) is 36.4 Å². The average Bonchev–Trinajstić information content (AvgIpc) is 2.68. The Morgan fingerprint density at radius 1 is 0.962 bits per heavy atom. The molecule has 138 valence electrons. The summed E-state index contributed by atoms with van der Waals surface area (Å²) in [5.74, 6) is -0.707. The molecular formula is C19H21FN2O3S. The Balaban J connectivity index is 1.94. The Bertz CT molecular complexity index is 848. The number of nitrogens with zero attached hydrogens (tertiary/aromatic N) is 2. The zero-order chi connectivity index (χ0) is 18.6. The zero-order valence-electron chi connectivity index (χ0n) is 14.3. The number of anilines is 1. The fraction of sp³-hybridized carbons (Fsp3) is 0.316. The van der Waals surface area contributed by atoms with Gasteiger partial charge in [0.1, 0.15) is 12.4 Å². The van der Waals surface area contributed by atoms with Crippen molar-refractivity contribution in [3.8, 4) is 0 Å². The third-order valence-electron chi connectivity index (χ3n) is 4.43. The van der Waals surface area contributed by atoms with Gasteiger partial charge in [0.15, 0.2) is 0 Å². The molecule has 3 rings (SSSR count). The minimum absolute atomic E-state index is 0.0933. The Morgan fingerprint density at radius 2 is 1.58 bits per heavy atom. The summed E-state index contributed by atoms with van der Waals surface area (Å²) in [6.07, 6.45) is 2.93. The number of rotatable bonds is 5. The van der Waals surface area contributed by atoms with Gasteiger partial charge in [-0.1, -0.05) is 18.2 Å². The molecule has 0 unspecified atom stereocenters. The van der Waals surface area contributed by atoms with Gasteiger partial charge in [0.05, 0.1) is 10.6 Å². The summed E-state index contributed by atoms with van der Waals surface area (Å²) in [6.45, 7) is 0.978. The van der Waals surface area contributed by atoms with Crippen LogP contribution >= 0.6 is 0 Å². The quantitative estimate of drug-likeness (QED) is 0.806. The zero-order valence-corrected chi connectivity index (χ0v) is 15.2. The van der Waals surface area contributed by atoms with E-state index in [1.54, 1.807) is 23.1 Å². The molecule has 26 heavy (non-hydrogen) atoms. The fourth-order valence-electron chi connectivity index (χ4n) is 3.01. The number of carbonyl (C=O) groups excluding carboxylic acids is 1.